The second-order valence-corrected chi connectivity index (χ2v) is 5.12. The number of fused-ring (bicyclic) bond motifs is 1. The van der Waals surface area contributed by atoms with E-state index in [-0.39, 0.29) is 0 Å². The Hall–Kier alpha value is 0.1000. The van der Waals surface area contributed by atoms with Gasteiger partial charge in [0.25, 0.3) is 0 Å². The van der Waals surface area contributed by atoms with E-state index in [4.69, 9.17) is 0 Å². The van der Waals surface area contributed by atoms with Gasteiger partial charge in [-0.3, -0.25) is 4.79 Å². The maximum atomic E-state index is 11.5. The SMILES string of the molecule is O=C1CCCc2c1ccc(I)c2Br. The lowest BCUT2D eigenvalue weighted by atomic mass is 9.91. The quantitative estimate of drug-likeness (QED) is 0.654. The Bertz CT molecular complexity index is 373. The molecule has 13 heavy (non-hydrogen) atoms. The van der Waals surface area contributed by atoms with Crippen LogP contribution in [0.1, 0.15) is 28.8 Å². The first kappa shape index (κ1) is 9.65. The van der Waals surface area contributed by atoms with Crippen LogP contribution in [0.3, 0.4) is 0 Å². The van der Waals surface area contributed by atoms with Gasteiger partial charge in [-0.05, 0) is 63.0 Å². The molecule has 0 atom stereocenters. The lowest BCUT2D eigenvalue weighted by Gasteiger charge is -2.16. The van der Waals surface area contributed by atoms with Gasteiger partial charge in [0.1, 0.15) is 0 Å². The minimum atomic E-state index is 0.290. The van der Waals surface area contributed by atoms with Crippen LogP contribution in [0.25, 0.3) is 0 Å². The van der Waals surface area contributed by atoms with Crippen LogP contribution in [0.4, 0.5) is 0 Å². The molecule has 1 aromatic rings. The van der Waals surface area contributed by atoms with Gasteiger partial charge in [0, 0.05) is 20.0 Å². The molecule has 0 saturated heterocycles. The fourth-order valence-corrected chi connectivity index (χ4v) is 2.71. The molecule has 0 unspecified atom stereocenters. The fraction of sp³-hybridized carbons (Fsp3) is 0.300. The van der Waals surface area contributed by atoms with E-state index < -0.39 is 0 Å². The molecule has 0 amide bonds. The van der Waals surface area contributed by atoms with Crippen molar-refractivity contribution in [1.82, 2.24) is 0 Å². The highest BCUT2D eigenvalue weighted by Crippen LogP contribution is 2.31. The van der Waals surface area contributed by atoms with Crippen molar-refractivity contribution in [3.63, 3.8) is 0 Å². The van der Waals surface area contributed by atoms with Crippen LogP contribution in [0.15, 0.2) is 16.6 Å². The number of Topliss-reactive ketones (excluding diaryl/α,β-unsaturated/α-hetero) is 1. The van der Waals surface area contributed by atoms with Crippen LogP contribution in [-0.2, 0) is 6.42 Å². The van der Waals surface area contributed by atoms with Crippen LogP contribution in [0, 0.1) is 3.57 Å². The molecule has 0 fully saturated rings. The minimum Gasteiger partial charge on any atom is -0.294 e. The molecule has 1 aliphatic rings. The molecule has 0 saturated carbocycles. The Morgan fingerprint density at radius 2 is 2.08 bits per heavy atom. The van der Waals surface area contributed by atoms with Gasteiger partial charge < -0.3 is 0 Å². The number of halogens is 2. The van der Waals surface area contributed by atoms with Crippen LogP contribution in [0.2, 0.25) is 0 Å². The zero-order valence-electron chi connectivity index (χ0n) is 6.94. The smallest absolute Gasteiger partial charge is 0.163 e. The van der Waals surface area contributed by atoms with E-state index in [0.717, 1.165) is 22.9 Å². The topological polar surface area (TPSA) is 17.1 Å². The predicted octanol–water partition coefficient (Wildman–Crippen LogP) is 3.57. The third kappa shape index (κ3) is 1.68. The molecule has 0 aliphatic heterocycles. The minimum absolute atomic E-state index is 0.290. The monoisotopic (exact) mass is 350 g/mol. The van der Waals surface area contributed by atoms with Gasteiger partial charge in [0.05, 0.1) is 0 Å². The molecule has 0 heterocycles. The number of carbonyl (C=O) groups excluding carboxylic acids is 1. The first-order valence-electron chi connectivity index (χ1n) is 4.20. The largest absolute Gasteiger partial charge is 0.294 e. The molecule has 0 radical (unpaired) electrons. The van der Waals surface area contributed by atoms with Crippen molar-refractivity contribution < 1.29 is 4.79 Å². The Morgan fingerprint density at radius 3 is 2.85 bits per heavy atom. The fourth-order valence-electron chi connectivity index (χ4n) is 1.66. The predicted molar refractivity (Wildman–Crippen MR) is 64.1 cm³/mol. The normalized spacial score (nSPS) is 15.7. The molecule has 3 heteroatoms. The van der Waals surface area contributed by atoms with Gasteiger partial charge in [-0.1, -0.05) is 6.07 Å². The third-order valence-corrected chi connectivity index (χ3v) is 4.87. The van der Waals surface area contributed by atoms with Gasteiger partial charge in [0.2, 0.25) is 0 Å². The molecule has 0 N–H and O–H groups in total. The summed E-state index contributed by atoms with van der Waals surface area (Å²) < 4.78 is 2.30. The highest BCUT2D eigenvalue weighted by atomic mass is 127. The molecular formula is C10H8BrIO. The maximum Gasteiger partial charge on any atom is 0.163 e. The number of rotatable bonds is 0. The Labute approximate surface area is 99.2 Å². The summed E-state index contributed by atoms with van der Waals surface area (Å²) in [6, 6.07) is 3.94. The highest BCUT2D eigenvalue weighted by Gasteiger charge is 2.19. The van der Waals surface area contributed by atoms with Crippen molar-refractivity contribution in [2.24, 2.45) is 0 Å². The van der Waals surface area contributed by atoms with E-state index in [2.05, 4.69) is 38.5 Å². The number of ketones is 1. The van der Waals surface area contributed by atoms with Crippen LogP contribution in [0.5, 0.6) is 0 Å². The standard InChI is InChI=1S/C10H8BrIO/c11-10-7-2-1-3-9(13)6(7)4-5-8(10)12/h4-5H,1-3H2. The maximum absolute atomic E-state index is 11.5. The van der Waals surface area contributed by atoms with Crippen molar-refractivity contribution in [3.8, 4) is 0 Å². The average molecular weight is 351 g/mol. The van der Waals surface area contributed by atoms with E-state index in [1.165, 1.54) is 9.13 Å². The number of hydrogen-bond donors (Lipinski definition) is 0. The van der Waals surface area contributed by atoms with Crippen molar-refractivity contribution in [1.29, 1.82) is 0 Å². The van der Waals surface area contributed by atoms with Crippen molar-refractivity contribution >= 4 is 44.3 Å². The van der Waals surface area contributed by atoms with E-state index in [1.807, 2.05) is 12.1 Å². The molecular weight excluding hydrogens is 343 g/mol. The average Bonchev–Trinajstić information content (AvgIpc) is 2.12. The zero-order chi connectivity index (χ0) is 9.42. The van der Waals surface area contributed by atoms with Crippen molar-refractivity contribution in [2.75, 3.05) is 0 Å². The van der Waals surface area contributed by atoms with E-state index in [9.17, 15) is 4.79 Å². The van der Waals surface area contributed by atoms with Gasteiger partial charge in [-0.15, -0.1) is 0 Å². The summed E-state index contributed by atoms with van der Waals surface area (Å²) >= 11 is 5.81. The van der Waals surface area contributed by atoms with Crippen molar-refractivity contribution in [3.05, 3.63) is 31.3 Å². The highest BCUT2D eigenvalue weighted by molar-refractivity contribution is 14.1. The molecule has 1 aliphatic carbocycles. The zero-order valence-corrected chi connectivity index (χ0v) is 10.7. The van der Waals surface area contributed by atoms with Gasteiger partial charge in [-0.2, -0.15) is 0 Å². The molecule has 0 spiro atoms. The molecule has 1 aromatic carbocycles. The second kappa shape index (κ2) is 3.69. The Kier molecular flexibility index (Phi) is 2.74. The summed E-state index contributed by atoms with van der Waals surface area (Å²) in [5.74, 6) is 0.290. The number of hydrogen-bond acceptors (Lipinski definition) is 1. The summed E-state index contributed by atoms with van der Waals surface area (Å²) in [7, 11) is 0. The lowest BCUT2D eigenvalue weighted by molar-refractivity contribution is 0.0972. The molecule has 0 aromatic heterocycles. The van der Waals surface area contributed by atoms with Gasteiger partial charge in [0.15, 0.2) is 5.78 Å². The number of benzene rings is 1. The molecule has 2 rings (SSSR count). The summed E-state index contributed by atoms with van der Waals surface area (Å²) in [6.45, 7) is 0. The Balaban J connectivity index is 2.63. The molecule has 68 valence electrons. The molecule has 1 nitrogen and oxygen atoms in total. The number of carbonyl (C=O) groups is 1. The second-order valence-electron chi connectivity index (χ2n) is 3.16. The van der Waals surface area contributed by atoms with Gasteiger partial charge >= 0.3 is 0 Å². The first-order chi connectivity index (χ1) is 6.20. The van der Waals surface area contributed by atoms with E-state index in [1.54, 1.807) is 0 Å². The van der Waals surface area contributed by atoms with E-state index in [0.29, 0.717) is 12.2 Å². The molecule has 0 bridgehead atoms. The summed E-state index contributed by atoms with van der Waals surface area (Å²) in [5, 5.41) is 0. The third-order valence-electron chi connectivity index (χ3n) is 2.33. The lowest BCUT2D eigenvalue weighted by Crippen LogP contribution is -2.11. The van der Waals surface area contributed by atoms with E-state index >= 15 is 0 Å². The van der Waals surface area contributed by atoms with Crippen LogP contribution < -0.4 is 0 Å². The summed E-state index contributed by atoms with van der Waals surface area (Å²) in [6.07, 6.45) is 2.73. The Morgan fingerprint density at radius 1 is 1.31 bits per heavy atom. The summed E-state index contributed by atoms with van der Waals surface area (Å²) in [5.41, 5.74) is 2.11. The van der Waals surface area contributed by atoms with Crippen LogP contribution in [-0.4, -0.2) is 5.78 Å². The van der Waals surface area contributed by atoms with Crippen molar-refractivity contribution in [2.45, 2.75) is 19.3 Å². The first-order valence-corrected chi connectivity index (χ1v) is 6.07. The van der Waals surface area contributed by atoms with Gasteiger partial charge in [-0.25, -0.2) is 0 Å². The summed E-state index contributed by atoms with van der Waals surface area (Å²) in [4.78, 5) is 11.5. The van der Waals surface area contributed by atoms with Crippen LogP contribution >= 0.6 is 38.5 Å².